The van der Waals surface area contributed by atoms with Crippen molar-refractivity contribution in [2.75, 3.05) is 31.6 Å². The quantitative estimate of drug-likeness (QED) is 0.601. The zero-order valence-corrected chi connectivity index (χ0v) is 20.1. The van der Waals surface area contributed by atoms with Gasteiger partial charge in [0, 0.05) is 30.1 Å². The molecule has 3 aliphatic rings. The number of aromatic nitrogens is 4. The van der Waals surface area contributed by atoms with Crippen LogP contribution in [0.5, 0.6) is 0 Å². The molecule has 1 atom stereocenters. The minimum atomic E-state index is -0.199. The van der Waals surface area contributed by atoms with Gasteiger partial charge in [0.05, 0.1) is 24.4 Å². The third-order valence-electron chi connectivity index (χ3n) is 7.85. The van der Waals surface area contributed by atoms with Crippen molar-refractivity contribution < 1.29 is 9.84 Å². The normalized spacial score (nSPS) is 26.1. The van der Waals surface area contributed by atoms with Crippen molar-refractivity contribution >= 4 is 16.7 Å². The number of piperidine rings is 1. The van der Waals surface area contributed by atoms with Crippen LogP contribution in [-0.2, 0) is 4.74 Å². The van der Waals surface area contributed by atoms with Gasteiger partial charge in [0.25, 0.3) is 0 Å². The number of hydrogen-bond acceptors (Lipinski definition) is 7. The van der Waals surface area contributed by atoms with E-state index < -0.39 is 0 Å². The highest BCUT2D eigenvalue weighted by Gasteiger charge is 2.29. The molecule has 4 heterocycles. The van der Waals surface area contributed by atoms with E-state index in [9.17, 15) is 5.11 Å². The lowest BCUT2D eigenvalue weighted by molar-refractivity contribution is 0.0835. The van der Waals surface area contributed by atoms with Gasteiger partial charge in [0.2, 0.25) is 0 Å². The van der Waals surface area contributed by atoms with Crippen molar-refractivity contribution in [3.05, 3.63) is 41.3 Å². The molecule has 1 aromatic carbocycles. The fourth-order valence-electron chi connectivity index (χ4n) is 5.86. The van der Waals surface area contributed by atoms with Gasteiger partial charge in [-0.2, -0.15) is 5.10 Å². The molecule has 0 amide bonds. The first-order chi connectivity index (χ1) is 16.5. The van der Waals surface area contributed by atoms with Gasteiger partial charge in [-0.1, -0.05) is 0 Å². The van der Waals surface area contributed by atoms with Gasteiger partial charge < -0.3 is 15.2 Å². The minimum Gasteiger partial charge on any atom is -0.393 e. The number of anilines is 1. The van der Waals surface area contributed by atoms with Crippen molar-refractivity contribution in [2.24, 2.45) is 0 Å². The summed E-state index contributed by atoms with van der Waals surface area (Å²) in [5.41, 5.74) is 3.87. The zero-order chi connectivity index (χ0) is 23.2. The lowest BCUT2D eigenvalue weighted by Gasteiger charge is -2.36. The van der Waals surface area contributed by atoms with Crippen molar-refractivity contribution in [1.29, 1.82) is 0 Å². The molecule has 1 aliphatic carbocycles. The Morgan fingerprint density at radius 2 is 1.88 bits per heavy atom. The van der Waals surface area contributed by atoms with E-state index in [0.29, 0.717) is 17.8 Å². The van der Waals surface area contributed by atoms with E-state index in [1.54, 1.807) is 0 Å². The van der Waals surface area contributed by atoms with Crippen LogP contribution in [0.1, 0.15) is 55.0 Å². The van der Waals surface area contributed by atoms with Crippen LogP contribution in [0.15, 0.2) is 24.4 Å². The fraction of sp³-hybridized carbons (Fsp3) is 0.577. The zero-order valence-electron chi connectivity index (χ0n) is 20.1. The molecule has 34 heavy (non-hydrogen) atoms. The molecule has 3 aromatic rings. The topological polar surface area (TPSA) is 88.3 Å². The highest BCUT2D eigenvalue weighted by Crippen LogP contribution is 2.34. The van der Waals surface area contributed by atoms with Crippen molar-refractivity contribution in [3.8, 4) is 5.82 Å². The molecule has 8 nitrogen and oxygen atoms in total. The van der Waals surface area contributed by atoms with E-state index in [1.807, 2.05) is 23.9 Å². The van der Waals surface area contributed by atoms with E-state index in [-0.39, 0.29) is 12.1 Å². The van der Waals surface area contributed by atoms with Gasteiger partial charge in [-0.15, -0.1) is 0 Å². The fourth-order valence-corrected chi connectivity index (χ4v) is 5.86. The molecule has 1 saturated carbocycles. The summed E-state index contributed by atoms with van der Waals surface area (Å²) in [6.07, 6.45) is 6.80. The number of aliphatic hydroxyl groups excluding tert-OH is 1. The third-order valence-corrected chi connectivity index (χ3v) is 7.85. The minimum absolute atomic E-state index is 0.199. The molecule has 0 bridgehead atoms. The Balaban J connectivity index is 1.26. The maximum atomic E-state index is 9.60. The van der Waals surface area contributed by atoms with Gasteiger partial charge >= 0.3 is 0 Å². The number of likely N-dealkylation sites (tertiary alicyclic amines) is 1. The number of benzene rings is 1. The van der Waals surface area contributed by atoms with Crippen LogP contribution in [0.4, 0.5) is 5.82 Å². The molecule has 8 heteroatoms. The molecule has 0 spiro atoms. The molecular formula is C26H34N6O2. The molecule has 6 rings (SSSR count). The van der Waals surface area contributed by atoms with E-state index in [2.05, 4.69) is 34.3 Å². The van der Waals surface area contributed by atoms with E-state index in [0.717, 1.165) is 61.7 Å². The predicted octanol–water partition coefficient (Wildman–Crippen LogP) is 3.34. The van der Waals surface area contributed by atoms with Gasteiger partial charge in [-0.3, -0.25) is 4.90 Å². The average Bonchev–Trinajstić information content (AvgIpc) is 3.47. The summed E-state index contributed by atoms with van der Waals surface area (Å²) < 4.78 is 7.55. The molecule has 2 aliphatic heterocycles. The second kappa shape index (κ2) is 8.91. The predicted molar refractivity (Wildman–Crippen MR) is 132 cm³/mol. The van der Waals surface area contributed by atoms with Crippen LogP contribution in [-0.4, -0.2) is 74.2 Å². The molecule has 2 N–H and O–H groups in total. The van der Waals surface area contributed by atoms with Crippen molar-refractivity contribution in [3.63, 3.8) is 0 Å². The summed E-state index contributed by atoms with van der Waals surface area (Å²) in [5.74, 6) is 2.84. The maximum Gasteiger partial charge on any atom is 0.159 e. The van der Waals surface area contributed by atoms with Crippen molar-refractivity contribution in [1.82, 2.24) is 24.6 Å². The summed E-state index contributed by atoms with van der Waals surface area (Å²) in [5, 5.41) is 18.9. The van der Waals surface area contributed by atoms with Crippen LogP contribution in [0.3, 0.4) is 0 Å². The number of rotatable bonds is 5. The van der Waals surface area contributed by atoms with Gasteiger partial charge in [0.15, 0.2) is 5.82 Å². The summed E-state index contributed by atoms with van der Waals surface area (Å²) in [6, 6.07) is 7.45. The lowest BCUT2D eigenvalue weighted by Crippen LogP contribution is -2.41. The maximum absolute atomic E-state index is 9.60. The number of hydrogen-bond donors (Lipinski definition) is 2. The van der Waals surface area contributed by atoms with Crippen LogP contribution in [0, 0.1) is 13.8 Å². The van der Waals surface area contributed by atoms with Crippen LogP contribution in [0.25, 0.3) is 16.7 Å². The van der Waals surface area contributed by atoms with E-state index in [1.165, 1.54) is 30.4 Å². The Hall–Kier alpha value is -2.55. The SMILES string of the molecule is Cc1nc(N[C@H]2C[C@H](O)C2)cc(-n2ncc3cc(C)c(C4CCN(C5CCOC5)CC4)cc32)n1. The number of aliphatic hydroxyl groups is 1. The molecule has 2 saturated heterocycles. The standard InChI is InChI=1S/C26H34N6O2/c1-16-9-19-14-27-32(26-13-25(28-17(2)29-26)30-20-10-22(33)11-20)24(19)12-23(16)18-3-6-31(7-4-18)21-5-8-34-15-21/h9,12-14,18,20-22,33H,3-8,10-11,15H2,1-2H3,(H,28,29,30)/t20-,21?,22-. The molecule has 1 unspecified atom stereocenters. The highest BCUT2D eigenvalue weighted by atomic mass is 16.5. The van der Waals surface area contributed by atoms with Gasteiger partial charge in [-0.05, 0) is 88.2 Å². The van der Waals surface area contributed by atoms with Crippen LogP contribution < -0.4 is 5.32 Å². The van der Waals surface area contributed by atoms with Gasteiger partial charge in [0.1, 0.15) is 11.6 Å². The Bertz CT molecular complexity index is 1170. The summed E-state index contributed by atoms with van der Waals surface area (Å²) in [6.45, 7) is 8.23. The van der Waals surface area contributed by atoms with Gasteiger partial charge in [-0.25, -0.2) is 14.6 Å². The monoisotopic (exact) mass is 462 g/mol. The second-order valence-electron chi connectivity index (χ2n) is 10.3. The highest BCUT2D eigenvalue weighted by molar-refractivity contribution is 5.82. The third kappa shape index (κ3) is 4.19. The molecular weight excluding hydrogens is 428 g/mol. The largest absolute Gasteiger partial charge is 0.393 e. The first kappa shape index (κ1) is 21.9. The number of aryl methyl sites for hydroxylation is 2. The first-order valence-corrected chi connectivity index (χ1v) is 12.6. The summed E-state index contributed by atoms with van der Waals surface area (Å²) in [4.78, 5) is 11.9. The first-order valence-electron chi connectivity index (χ1n) is 12.6. The summed E-state index contributed by atoms with van der Waals surface area (Å²) >= 11 is 0. The molecule has 2 aromatic heterocycles. The van der Waals surface area contributed by atoms with E-state index in [4.69, 9.17) is 14.8 Å². The molecule has 180 valence electrons. The lowest BCUT2D eigenvalue weighted by atomic mass is 9.86. The second-order valence-corrected chi connectivity index (χ2v) is 10.3. The van der Waals surface area contributed by atoms with E-state index >= 15 is 0 Å². The smallest absolute Gasteiger partial charge is 0.159 e. The molecule has 3 fully saturated rings. The number of nitrogens with zero attached hydrogens (tertiary/aromatic N) is 5. The Morgan fingerprint density at radius 1 is 1.06 bits per heavy atom. The van der Waals surface area contributed by atoms with Crippen LogP contribution in [0.2, 0.25) is 0 Å². The molecule has 0 radical (unpaired) electrons. The number of ether oxygens (including phenoxy) is 1. The number of nitrogens with one attached hydrogen (secondary N) is 1. The Kier molecular flexibility index (Phi) is 5.75. The average molecular weight is 463 g/mol. The summed E-state index contributed by atoms with van der Waals surface area (Å²) in [7, 11) is 0. The van der Waals surface area contributed by atoms with Crippen molar-refractivity contribution in [2.45, 2.75) is 70.1 Å². The Morgan fingerprint density at radius 3 is 2.62 bits per heavy atom. The Labute approximate surface area is 200 Å². The van der Waals surface area contributed by atoms with Crippen LogP contribution >= 0.6 is 0 Å². The number of fused-ring (bicyclic) bond motifs is 1.